The zero-order valence-electron chi connectivity index (χ0n) is 14.9. The molecule has 2 aromatic carbocycles. The van der Waals surface area contributed by atoms with E-state index in [1.165, 1.54) is 17.5 Å². The fourth-order valence-electron chi connectivity index (χ4n) is 4.66. The maximum Gasteiger partial charge on any atom is 0.329 e. The predicted molar refractivity (Wildman–Crippen MR) is 98.4 cm³/mol. The van der Waals surface area contributed by atoms with Crippen LogP contribution < -0.4 is 0 Å². The second-order valence-electron chi connectivity index (χ2n) is 7.42. The highest BCUT2D eigenvalue weighted by Crippen LogP contribution is 2.69. The number of rotatable bonds is 6. The topological polar surface area (TPSA) is 29.1 Å². The van der Waals surface area contributed by atoms with Gasteiger partial charge in [0.2, 0.25) is 0 Å². The number of ether oxygens (including phenoxy) is 1. The smallest absolute Gasteiger partial charge is 0.329 e. The summed E-state index contributed by atoms with van der Waals surface area (Å²) in [6, 6.07) is 21.7. The van der Waals surface area contributed by atoms with Crippen molar-refractivity contribution in [1.29, 1.82) is 0 Å². The van der Waals surface area contributed by atoms with Gasteiger partial charge in [-0.05, 0) is 55.6 Å². The fraction of sp³-hybridized carbons (Fsp3) is 0.391. The minimum Gasteiger partial charge on any atom is -0.463 e. The van der Waals surface area contributed by atoms with Crippen molar-refractivity contribution in [2.75, 3.05) is 6.61 Å². The molecule has 2 fully saturated rings. The molecule has 129 valence electrons. The Labute approximate surface area is 150 Å². The van der Waals surface area contributed by atoms with Crippen molar-refractivity contribution in [3.63, 3.8) is 0 Å². The van der Waals surface area contributed by atoms with Crippen molar-refractivity contribution in [1.82, 2.24) is 0 Å². The fourth-order valence-corrected chi connectivity index (χ4v) is 4.66. The van der Waals surface area contributed by atoms with Crippen LogP contribution in [0.4, 0.5) is 0 Å². The van der Waals surface area contributed by atoms with Crippen LogP contribution in [0, 0.1) is 17.8 Å². The molecule has 2 nitrogen and oxygen atoms in total. The van der Waals surface area contributed by atoms with E-state index in [-0.39, 0.29) is 11.4 Å². The molecule has 0 heterocycles. The average molecular weight is 333 g/mol. The molecule has 0 amide bonds. The average Bonchev–Trinajstić information content (AvgIpc) is 3.55. The molecular formula is C23H25O2. The third-order valence-electron chi connectivity index (χ3n) is 6.10. The van der Waals surface area contributed by atoms with E-state index in [4.69, 9.17) is 4.74 Å². The first-order chi connectivity index (χ1) is 12.2. The van der Waals surface area contributed by atoms with Crippen LogP contribution >= 0.6 is 0 Å². The Hall–Kier alpha value is -2.22. The molecule has 3 atom stereocenters. The van der Waals surface area contributed by atoms with Gasteiger partial charge < -0.3 is 4.74 Å². The molecule has 2 aliphatic rings. The standard InChI is InChI=1S/C23H25O2/c1-3-25-22(24)16(2)19-14-20(19)21-15-23(21,17-10-6-4-7-11-17)18-12-8-5-9-13-18/h4-13,19-21H,3,14-15H2,1-2H3/t19-,20+,21-/m1/s1. The Kier molecular flexibility index (Phi) is 4.07. The van der Waals surface area contributed by atoms with E-state index in [0.717, 1.165) is 12.0 Å². The van der Waals surface area contributed by atoms with E-state index >= 15 is 0 Å². The van der Waals surface area contributed by atoms with E-state index in [2.05, 4.69) is 60.7 Å². The SMILES string of the molecule is CCOC([O])=C(C)[C@H]1C[C@@H]1[C@H]1CC1(c1ccccc1)c1ccccc1. The molecule has 0 aromatic heterocycles. The molecular weight excluding hydrogens is 308 g/mol. The molecule has 0 bridgehead atoms. The summed E-state index contributed by atoms with van der Waals surface area (Å²) >= 11 is 0. The Balaban J connectivity index is 1.62. The third kappa shape index (κ3) is 2.74. The van der Waals surface area contributed by atoms with Crippen LogP contribution in [0.1, 0.15) is 37.8 Å². The number of benzene rings is 2. The number of allylic oxidation sites excluding steroid dienone is 1. The van der Waals surface area contributed by atoms with Gasteiger partial charge in [-0.1, -0.05) is 60.7 Å². The van der Waals surface area contributed by atoms with E-state index < -0.39 is 0 Å². The first-order valence-electron chi connectivity index (χ1n) is 9.30. The van der Waals surface area contributed by atoms with Gasteiger partial charge in [-0.15, -0.1) is 0 Å². The van der Waals surface area contributed by atoms with Crippen LogP contribution in [-0.4, -0.2) is 6.61 Å². The summed E-state index contributed by atoms with van der Waals surface area (Å²) in [7, 11) is 0. The van der Waals surface area contributed by atoms with Crippen LogP contribution in [0.25, 0.3) is 0 Å². The van der Waals surface area contributed by atoms with Crippen molar-refractivity contribution in [3.05, 3.63) is 83.3 Å². The van der Waals surface area contributed by atoms with Crippen molar-refractivity contribution >= 4 is 0 Å². The summed E-state index contributed by atoms with van der Waals surface area (Å²) in [6.45, 7) is 4.28. The van der Waals surface area contributed by atoms with E-state index in [1.54, 1.807) is 0 Å². The second kappa shape index (κ2) is 6.25. The highest BCUT2D eigenvalue weighted by atomic mass is 16.6. The molecule has 0 aliphatic heterocycles. The summed E-state index contributed by atoms with van der Waals surface area (Å²) in [5.74, 6) is 1.51. The van der Waals surface area contributed by atoms with Gasteiger partial charge >= 0.3 is 5.95 Å². The quantitative estimate of drug-likeness (QED) is 0.657. The van der Waals surface area contributed by atoms with E-state index in [0.29, 0.717) is 24.4 Å². The zero-order valence-corrected chi connectivity index (χ0v) is 14.9. The van der Waals surface area contributed by atoms with Gasteiger partial charge in [0.1, 0.15) is 0 Å². The van der Waals surface area contributed by atoms with E-state index in [9.17, 15) is 5.11 Å². The van der Waals surface area contributed by atoms with Gasteiger partial charge in [-0.3, -0.25) is 0 Å². The molecule has 0 N–H and O–H groups in total. The lowest BCUT2D eigenvalue weighted by Gasteiger charge is -2.19. The van der Waals surface area contributed by atoms with Gasteiger partial charge in [0.15, 0.2) is 0 Å². The minimum atomic E-state index is -0.110. The summed E-state index contributed by atoms with van der Waals surface area (Å²) in [5.41, 5.74) is 3.85. The van der Waals surface area contributed by atoms with Gasteiger partial charge in [0.25, 0.3) is 0 Å². The molecule has 2 aromatic rings. The Morgan fingerprint density at radius 3 is 2.12 bits per heavy atom. The lowest BCUT2D eigenvalue weighted by molar-refractivity contribution is 0.0540. The Morgan fingerprint density at radius 2 is 1.60 bits per heavy atom. The maximum absolute atomic E-state index is 12.1. The van der Waals surface area contributed by atoms with Gasteiger partial charge in [0, 0.05) is 11.0 Å². The number of hydrogen-bond acceptors (Lipinski definition) is 1. The van der Waals surface area contributed by atoms with Crippen LogP contribution in [0.5, 0.6) is 0 Å². The molecule has 0 unspecified atom stereocenters. The normalized spacial score (nSPS) is 27.4. The zero-order chi connectivity index (χ0) is 17.4. The van der Waals surface area contributed by atoms with Gasteiger partial charge in [-0.2, -0.15) is 0 Å². The van der Waals surface area contributed by atoms with E-state index in [1.807, 2.05) is 13.8 Å². The molecule has 2 aliphatic carbocycles. The van der Waals surface area contributed by atoms with Crippen LogP contribution in [0.3, 0.4) is 0 Å². The van der Waals surface area contributed by atoms with Crippen molar-refractivity contribution in [2.24, 2.45) is 17.8 Å². The molecule has 4 rings (SSSR count). The Bertz CT molecular complexity index is 724. The number of hydrogen-bond donors (Lipinski definition) is 0. The summed E-state index contributed by atoms with van der Waals surface area (Å²) in [4.78, 5) is 0. The lowest BCUT2D eigenvalue weighted by Crippen LogP contribution is -2.13. The van der Waals surface area contributed by atoms with Crippen molar-refractivity contribution in [3.8, 4) is 0 Å². The summed E-state index contributed by atoms with van der Waals surface area (Å²) in [5, 5.41) is 12.1. The predicted octanol–water partition coefficient (Wildman–Crippen LogP) is 5.33. The second-order valence-corrected chi connectivity index (χ2v) is 7.42. The molecule has 0 saturated heterocycles. The first kappa shape index (κ1) is 16.3. The molecule has 1 radical (unpaired) electrons. The monoisotopic (exact) mass is 333 g/mol. The van der Waals surface area contributed by atoms with Crippen LogP contribution in [-0.2, 0) is 15.3 Å². The van der Waals surface area contributed by atoms with Gasteiger partial charge in [0.05, 0.1) is 6.61 Å². The van der Waals surface area contributed by atoms with Crippen LogP contribution in [0.15, 0.2) is 72.2 Å². The molecule has 2 heteroatoms. The molecule has 0 spiro atoms. The largest absolute Gasteiger partial charge is 0.463 e. The molecule has 2 saturated carbocycles. The van der Waals surface area contributed by atoms with Crippen molar-refractivity contribution < 1.29 is 9.84 Å². The Morgan fingerprint density at radius 1 is 1.04 bits per heavy atom. The van der Waals surface area contributed by atoms with Crippen molar-refractivity contribution in [2.45, 2.75) is 32.1 Å². The first-order valence-corrected chi connectivity index (χ1v) is 9.30. The highest BCUT2D eigenvalue weighted by Gasteiger charge is 2.64. The van der Waals surface area contributed by atoms with Gasteiger partial charge in [-0.25, -0.2) is 5.11 Å². The molecule has 25 heavy (non-hydrogen) atoms. The third-order valence-corrected chi connectivity index (χ3v) is 6.10. The maximum atomic E-state index is 12.1. The highest BCUT2D eigenvalue weighted by molar-refractivity contribution is 5.48. The summed E-state index contributed by atoms with van der Waals surface area (Å²) in [6.07, 6.45) is 2.30. The van der Waals surface area contributed by atoms with Crippen LogP contribution in [0.2, 0.25) is 0 Å². The minimum absolute atomic E-state index is 0.110. The summed E-state index contributed by atoms with van der Waals surface area (Å²) < 4.78 is 5.20. The lowest BCUT2D eigenvalue weighted by atomic mass is 9.84.